The summed E-state index contributed by atoms with van der Waals surface area (Å²) in [6, 6.07) is 9.41. The van der Waals surface area contributed by atoms with E-state index in [1.54, 1.807) is 13.8 Å². The van der Waals surface area contributed by atoms with E-state index >= 15 is 0 Å². The van der Waals surface area contributed by atoms with Crippen molar-refractivity contribution < 1.29 is 13.2 Å². The Morgan fingerprint density at radius 3 is 2.55 bits per heavy atom. The second-order valence-electron chi connectivity index (χ2n) is 4.81. The lowest BCUT2D eigenvalue weighted by molar-refractivity contribution is -0.118. The summed E-state index contributed by atoms with van der Waals surface area (Å²) in [6.07, 6.45) is 0. The number of benzene rings is 1. The Kier molecular flexibility index (Phi) is 4.92. The quantitative estimate of drug-likeness (QED) is 0.838. The van der Waals surface area contributed by atoms with Crippen LogP contribution in [0.3, 0.4) is 0 Å². The van der Waals surface area contributed by atoms with Crippen LogP contribution < -0.4 is 5.32 Å². The summed E-state index contributed by atoms with van der Waals surface area (Å²) in [6.45, 7) is 4.13. The zero-order valence-corrected chi connectivity index (χ0v) is 13.3. The molecule has 0 unspecified atom stereocenters. The maximum absolute atomic E-state index is 12.4. The lowest BCUT2D eigenvalue weighted by atomic mass is 10.2. The van der Waals surface area contributed by atoms with Gasteiger partial charge in [0.1, 0.15) is 11.6 Å². The van der Waals surface area contributed by atoms with Gasteiger partial charge in [0, 0.05) is 6.54 Å². The molecule has 0 aliphatic carbocycles. The molecule has 118 valence electrons. The van der Waals surface area contributed by atoms with Crippen LogP contribution in [0.4, 0.5) is 0 Å². The molecule has 7 nitrogen and oxygen atoms in total. The van der Waals surface area contributed by atoms with E-state index in [0.29, 0.717) is 18.9 Å². The van der Waals surface area contributed by atoms with Crippen molar-refractivity contribution in [3.8, 4) is 0 Å². The zero-order valence-electron chi connectivity index (χ0n) is 12.5. The van der Waals surface area contributed by atoms with Crippen LogP contribution in [0.25, 0.3) is 0 Å². The molecule has 2 rings (SSSR count). The van der Waals surface area contributed by atoms with Crippen molar-refractivity contribution in [2.75, 3.05) is 12.3 Å². The smallest absolute Gasteiger partial charge is 0.250 e. The largest absolute Gasteiger partial charge is 0.355 e. The molecule has 0 aliphatic rings. The number of aryl methyl sites for hydroxylation is 1. The molecule has 1 heterocycles. The van der Waals surface area contributed by atoms with E-state index in [9.17, 15) is 13.2 Å². The number of aromatic nitrogens is 3. The van der Waals surface area contributed by atoms with Gasteiger partial charge in [-0.25, -0.2) is 8.42 Å². The van der Waals surface area contributed by atoms with Gasteiger partial charge >= 0.3 is 0 Å². The third-order valence-corrected chi connectivity index (χ3v) is 4.56. The number of sulfone groups is 1. The van der Waals surface area contributed by atoms with Gasteiger partial charge in [-0.2, -0.15) is 0 Å². The fourth-order valence-electron chi connectivity index (χ4n) is 2.02. The fourth-order valence-corrected chi connectivity index (χ4v) is 3.30. The van der Waals surface area contributed by atoms with Crippen molar-refractivity contribution in [1.29, 1.82) is 0 Å². The molecule has 22 heavy (non-hydrogen) atoms. The topological polar surface area (TPSA) is 93.9 Å². The number of hydrogen-bond donors (Lipinski definition) is 1. The normalized spacial score (nSPS) is 11.4. The van der Waals surface area contributed by atoms with Crippen LogP contribution >= 0.6 is 0 Å². The number of amides is 1. The van der Waals surface area contributed by atoms with Crippen LogP contribution in [0, 0.1) is 6.92 Å². The highest BCUT2D eigenvalue weighted by atomic mass is 32.2. The Bertz CT molecular complexity index is 754. The molecule has 0 spiro atoms. The molecule has 0 saturated carbocycles. The summed E-state index contributed by atoms with van der Waals surface area (Å²) in [4.78, 5) is 11.6. The van der Waals surface area contributed by atoms with Gasteiger partial charge in [-0.3, -0.25) is 9.36 Å². The number of rotatable bonds is 6. The summed E-state index contributed by atoms with van der Waals surface area (Å²) in [5.74, 6) is -0.693. The molecule has 1 N–H and O–H groups in total. The Morgan fingerprint density at radius 1 is 1.23 bits per heavy atom. The summed E-state index contributed by atoms with van der Waals surface area (Å²) in [5, 5.41) is 9.87. The molecule has 0 bridgehead atoms. The van der Waals surface area contributed by atoms with Crippen LogP contribution in [0.5, 0.6) is 0 Å². The minimum absolute atomic E-state index is 0.180. The SMILES string of the molecule is CCNC(=O)CS(=O)(=O)c1nnc(C)n1Cc1ccccc1. The Balaban J connectivity index is 2.31. The lowest BCUT2D eigenvalue weighted by Gasteiger charge is -2.09. The van der Waals surface area contributed by atoms with Gasteiger partial charge in [0.15, 0.2) is 0 Å². The van der Waals surface area contributed by atoms with E-state index in [0.717, 1.165) is 5.56 Å². The number of nitrogens with one attached hydrogen (secondary N) is 1. The van der Waals surface area contributed by atoms with Crippen molar-refractivity contribution in [2.45, 2.75) is 25.5 Å². The summed E-state index contributed by atoms with van der Waals surface area (Å²) in [7, 11) is -3.83. The van der Waals surface area contributed by atoms with Crippen LogP contribution in [0.1, 0.15) is 18.3 Å². The molecule has 1 aromatic carbocycles. The van der Waals surface area contributed by atoms with Crippen LogP contribution in [0.2, 0.25) is 0 Å². The van der Waals surface area contributed by atoms with Crippen LogP contribution in [-0.4, -0.2) is 41.4 Å². The first kappa shape index (κ1) is 16.2. The Hall–Kier alpha value is -2.22. The minimum Gasteiger partial charge on any atom is -0.355 e. The highest BCUT2D eigenvalue weighted by Crippen LogP contribution is 2.13. The molecule has 0 radical (unpaired) electrons. The molecule has 0 atom stereocenters. The zero-order chi connectivity index (χ0) is 16.2. The van der Waals surface area contributed by atoms with Gasteiger partial charge in [0.25, 0.3) is 5.16 Å². The Labute approximate surface area is 129 Å². The van der Waals surface area contributed by atoms with Crippen molar-refractivity contribution in [1.82, 2.24) is 20.1 Å². The summed E-state index contributed by atoms with van der Waals surface area (Å²) in [5.41, 5.74) is 0.930. The number of nitrogens with zero attached hydrogens (tertiary/aromatic N) is 3. The standard InChI is InChI=1S/C14H18N4O3S/c1-3-15-13(19)10-22(20,21)14-17-16-11(2)18(14)9-12-7-5-4-6-8-12/h4-8H,3,9-10H2,1-2H3,(H,15,19). The van der Waals surface area contributed by atoms with Gasteiger partial charge in [-0.1, -0.05) is 30.3 Å². The second kappa shape index (κ2) is 6.69. The van der Waals surface area contributed by atoms with Crippen LogP contribution in [-0.2, 0) is 21.2 Å². The molecule has 8 heteroatoms. The van der Waals surface area contributed by atoms with E-state index in [-0.39, 0.29) is 5.16 Å². The predicted molar refractivity (Wildman–Crippen MR) is 81.0 cm³/mol. The molecule has 0 aliphatic heterocycles. The molecular formula is C14H18N4O3S. The molecule has 0 saturated heterocycles. The van der Waals surface area contributed by atoms with E-state index in [1.165, 1.54) is 4.57 Å². The number of hydrogen-bond acceptors (Lipinski definition) is 5. The summed E-state index contributed by atoms with van der Waals surface area (Å²) < 4.78 is 26.2. The Morgan fingerprint density at radius 2 is 1.91 bits per heavy atom. The van der Waals surface area contributed by atoms with E-state index in [1.807, 2.05) is 30.3 Å². The van der Waals surface area contributed by atoms with Crippen molar-refractivity contribution >= 4 is 15.7 Å². The van der Waals surface area contributed by atoms with E-state index < -0.39 is 21.5 Å². The summed E-state index contributed by atoms with van der Waals surface area (Å²) >= 11 is 0. The van der Waals surface area contributed by atoms with Crippen molar-refractivity contribution in [2.24, 2.45) is 0 Å². The lowest BCUT2D eigenvalue weighted by Crippen LogP contribution is -2.31. The minimum atomic E-state index is -3.83. The van der Waals surface area contributed by atoms with Crippen molar-refractivity contribution in [3.05, 3.63) is 41.7 Å². The third-order valence-electron chi connectivity index (χ3n) is 3.06. The number of carbonyl (C=O) groups is 1. The second-order valence-corrected chi connectivity index (χ2v) is 6.70. The fraction of sp³-hybridized carbons (Fsp3) is 0.357. The van der Waals surface area contributed by atoms with Gasteiger partial charge in [-0.15, -0.1) is 10.2 Å². The van der Waals surface area contributed by atoms with Crippen LogP contribution in [0.15, 0.2) is 35.5 Å². The van der Waals surface area contributed by atoms with E-state index in [4.69, 9.17) is 0 Å². The van der Waals surface area contributed by atoms with E-state index in [2.05, 4.69) is 15.5 Å². The maximum Gasteiger partial charge on any atom is 0.250 e. The van der Waals surface area contributed by atoms with Gasteiger partial charge in [0.05, 0.1) is 6.54 Å². The highest BCUT2D eigenvalue weighted by Gasteiger charge is 2.26. The number of carbonyl (C=O) groups excluding carboxylic acids is 1. The molecular weight excluding hydrogens is 304 g/mol. The molecule has 1 aromatic heterocycles. The van der Waals surface area contributed by atoms with Gasteiger partial charge < -0.3 is 5.32 Å². The first-order valence-corrected chi connectivity index (χ1v) is 8.52. The first-order chi connectivity index (χ1) is 10.4. The first-order valence-electron chi connectivity index (χ1n) is 6.87. The van der Waals surface area contributed by atoms with Crippen molar-refractivity contribution in [3.63, 3.8) is 0 Å². The predicted octanol–water partition coefficient (Wildman–Crippen LogP) is 0.545. The molecule has 1 amide bonds. The van der Waals surface area contributed by atoms with Gasteiger partial charge in [-0.05, 0) is 19.4 Å². The monoisotopic (exact) mass is 322 g/mol. The third kappa shape index (κ3) is 3.70. The highest BCUT2D eigenvalue weighted by molar-refractivity contribution is 7.91. The maximum atomic E-state index is 12.4. The van der Waals surface area contributed by atoms with Gasteiger partial charge in [0.2, 0.25) is 15.7 Å². The molecule has 0 fully saturated rings. The average Bonchev–Trinajstić information content (AvgIpc) is 2.82. The average molecular weight is 322 g/mol. The molecule has 2 aromatic rings.